The number of carbonyl (C=O) groups excluding carboxylic acids is 1. The zero-order valence-electron chi connectivity index (χ0n) is 14.2. The first-order valence-electron chi connectivity index (χ1n) is 7.61. The smallest absolute Gasteiger partial charge is 0.319 e. The van der Waals surface area contributed by atoms with E-state index in [0.29, 0.717) is 0 Å². The second kappa shape index (κ2) is 6.96. The number of pyridine rings is 1. The minimum absolute atomic E-state index is 0.0889. The molecule has 1 aromatic heterocycles. The molecule has 0 spiro atoms. The molecule has 1 aliphatic rings. The average molecular weight is 306 g/mol. The zero-order chi connectivity index (χ0) is 16.3. The minimum atomic E-state index is 0.0889. The number of carbonyl (C=O) groups is 1. The van der Waals surface area contributed by atoms with Crippen molar-refractivity contribution in [1.29, 1.82) is 0 Å². The highest BCUT2D eigenvalue weighted by atomic mass is 16.5. The molecule has 122 valence electrons. The van der Waals surface area contributed by atoms with Crippen LogP contribution in [-0.2, 0) is 6.54 Å². The fourth-order valence-electron chi connectivity index (χ4n) is 2.82. The van der Waals surface area contributed by atoms with Crippen LogP contribution in [0, 0.1) is 13.8 Å². The van der Waals surface area contributed by atoms with Crippen molar-refractivity contribution in [1.82, 2.24) is 19.7 Å². The number of piperazine rings is 1. The standard InChI is InChI=1S/C16H26N4O2/c1-12-10-17-14(13(2)15(12)22-5)11-19-6-8-20(9-7-19)16(21)18(3)4/h10H,6-9,11H2,1-5H3. The van der Waals surface area contributed by atoms with E-state index in [4.69, 9.17) is 4.74 Å². The van der Waals surface area contributed by atoms with Gasteiger partial charge in [0, 0.05) is 64.1 Å². The molecule has 0 atom stereocenters. The van der Waals surface area contributed by atoms with E-state index in [0.717, 1.165) is 55.3 Å². The van der Waals surface area contributed by atoms with Gasteiger partial charge in [-0.15, -0.1) is 0 Å². The number of methoxy groups -OCH3 is 1. The Bertz CT molecular complexity index is 537. The Morgan fingerprint density at radius 3 is 2.45 bits per heavy atom. The highest BCUT2D eigenvalue weighted by Crippen LogP contribution is 2.25. The fraction of sp³-hybridized carbons (Fsp3) is 0.625. The number of nitrogens with zero attached hydrogens (tertiary/aromatic N) is 4. The van der Waals surface area contributed by atoms with Gasteiger partial charge in [0.25, 0.3) is 0 Å². The summed E-state index contributed by atoms with van der Waals surface area (Å²) < 4.78 is 5.46. The normalized spacial score (nSPS) is 15.8. The Labute approximate surface area is 132 Å². The lowest BCUT2D eigenvalue weighted by atomic mass is 10.1. The third-order valence-electron chi connectivity index (χ3n) is 4.15. The van der Waals surface area contributed by atoms with Crippen LogP contribution in [0.3, 0.4) is 0 Å². The van der Waals surface area contributed by atoms with Crippen LogP contribution in [0.1, 0.15) is 16.8 Å². The molecule has 0 aliphatic carbocycles. The summed E-state index contributed by atoms with van der Waals surface area (Å²) in [5.41, 5.74) is 3.22. The number of aromatic nitrogens is 1. The molecule has 2 amide bonds. The summed E-state index contributed by atoms with van der Waals surface area (Å²) in [5, 5.41) is 0. The molecule has 0 radical (unpaired) electrons. The molecule has 0 saturated carbocycles. The molecule has 0 bridgehead atoms. The molecule has 2 rings (SSSR count). The molecule has 0 N–H and O–H groups in total. The maximum Gasteiger partial charge on any atom is 0.319 e. The molecule has 1 fully saturated rings. The van der Waals surface area contributed by atoms with Crippen molar-refractivity contribution in [3.8, 4) is 5.75 Å². The van der Waals surface area contributed by atoms with Gasteiger partial charge in [-0.1, -0.05) is 0 Å². The third kappa shape index (κ3) is 3.50. The van der Waals surface area contributed by atoms with E-state index in [2.05, 4.69) is 16.8 Å². The summed E-state index contributed by atoms with van der Waals surface area (Å²) in [6, 6.07) is 0.0889. The predicted octanol–water partition coefficient (Wildman–Crippen LogP) is 1.51. The monoisotopic (exact) mass is 306 g/mol. The highest BCUT2D eigenvalue weighted by molar-refractivity contribution is 5.73. The first-order chi connectivity index (χ1) is 10.4. The van der Waals surface area contributed by atoms with Gasteiger partial charge in [0.15, 0.2) is 0 Å². The van der Waals surface area contributed by atoms with Crippen molar-refractivity contribution in [3.63, 3.8) is 0 Å². The van der Waals surface area contributed by atoms with Gasteiger partial charge in [-0.2, -0.15) is 0 Å². The summed E-state index contributed by atoms with van der Waals surface area (Å²) in [5.74, 6) is 0.923. The number of aryl methyl sites for hydroxylation is 1. The van der Waals surface area contributed by atoms with Crippen molar-refractivity contribution in [2.75, 3.05) is 47.4 Å². The zero-order valence-corrected chi connectivity index (χ0v) is 14.2. The summed E-state index contributed by atoms with van der Waals surface area (Å²) in [7, 11) is 5.28. The lowest BCUT2D eigenvalue weighted by molar-refractivity contribution is 0.119. The molecule has 22 heavy (non-hydrogen) atoms. The summed E-state index contributed by atoms with van der Waals surface area (Å²) in [4.78, 5) is 22.4. The molecule has 6 nitrogen and oxygen atoms in total. The van der Waals surface area contributed by atoms with Gasteiger partial charge in [-0.25, -0.2) is 4.79 Å². The molecule has 0 unspecified atom stereocenters. The van der Waals surface area contributed by atoms with E-state index in [1.807, 2.05) is 18.0 Å². The first kappa shape index (κ1) is 16.5. The highest BCUT2D eigenvalue weighted by Gasteiger charge is 2.23. The molecular weight excluding hydrogens is 280 g/mol. The SMILES string of the molecule is COc1c(C)cnc(CN2CCN(C(=O)N(C)C)CC2)c1C. The summed E-state index contributed by atoms with van der Waals surface area (Å²) in [6.45, 7) is 8.13. The number of rotatable bonds is 3. The molecule has 6 heteroatoms. The predicted molar refractivity (Wildman–Crippen MR) is 86.2 cm³/mol. The maximum absolute atomic E-state index is 11.9. The topological polar surface area (TPSA) is 48.9 Å². The Morgan fingerprint density at radius 1 is 1.27 bits per heavy atom. The largest absolute Gasteiger partial charge is 0.496 e. The van der Waals surface area contributed by atoms with Crippen LogP contribution < -0.4 is 4.74 Å². The number of ether oxygens (including phenoxy) is 1. The fourth-order valence-corrected chi connectivity index (χ4v) is 2.82. The molecule has 1 aromatic rings. The quantitative estimate of drug-likeness (QED) is 0.849. The van der Waals surface area contributed by atoms with Gasteiger partial charge in [0.2, 0.25) is 0 Å². The Hall–Kier alpha value is -1.82. The molecule has 2 heterocycles. The minimum Gasteiger partial charge on any atom is -0.496 e. The number of hydrogen-bond donors (Lipinski definition) is 0. The number of urea groups is 1. The Morgan fingerprint density at radius 2 is 1.91 bits per heavy atom. The van der Waals surface area contributed by atoms with Crippen LogP contribution >= 0.6 is 0 Å². The van der Waals surface area contributed by atoms with Crippen molar-refractivity contribution < 1.29 is 9.53 Å². The lowest BCUT2D eigenvalue weighted by Crippen LogP contribution is -2.51. The van der Waals surface area contributed by atoms with E-state index < -0.39 is 0 Å². The summed E-state index contributed by atoms with van der Waals surface area (Å²) >= 11 is 0. The van der Waals surface area contributed by atoms with Gasteiger partial charge < -0.3 is 14.5 Å². The second-order valence-electron chi connectivity index (χ2n) is 5.99. The number of amides is 2. The van der Waals surface area contributed by atoms with Crippen LogP contribution in [-0.4, -0.2) is 73.1 Å². The van der Waals surface area contributed by atoms with Crippen molar-refractivity contribution in [2.45, 2.75) is 20.4 Å². The van der Waals surface area contributed by atoms with Crippen LogP contribution in [0.2, 0.25) is 0 Å². The van der Waals surface area contributed by atoms with E-state index in [1.54, 1.807) is 26.1 Å². The molecule has 1 aliphatic heterocycles. The Kier molecular flexibility index (Phi) is 5.24. The van der Waals surface area contributed by atoms with E-state index in [1.165, 1.54) is 0 Å². The number of hydrogen-bond acceptors (Lipinski definition) is 4. The summed E-state index contributed by atoms with van der Waals surface area (Å²) in [6.07, 6.45) is 1.87. The van der Waals surface area contributed by atoms with Gasteiger partial charge in [-0.3, -0.25) is 9.88 Å². The second-order valence-corrected chi connectivity index (χ2v) is 5.99. The Balaban J connectivity index is 1.98. The van der Waals surface area contributed by atoms with E-state index in [-0.39, 0.29) is 6.03 Å². The lowest BCUT2D eigenvalue weighted by Gasteiger charge is -2.36. The molecule has 0 aromatic carbocycles. The van der Waals surface area contributed by atoms with Crippen LogP contribution in [0.15, 0.2) is 6.20 Å². The first-order valence-corrected chi connectivity index (χ1v) is 7.61. The van der Waals surface area contributed by atoms with Crippen LogP contribution in [0.5, 0.6) is 5.75 Å². The van der Waals surface area contributed by atoms with Gasteiger partial charge in [-0.05, 0) is 13.8 Å². The van der Waals surface area contributed by atoms with Gasteiger partial charge in [0.05, 0.1) is 12.8 Å². The van der Waals surface area contributed by atoms with Gasteiger partial charge >= 0.3 is 6.03 Å². The average Bonchev–Trinajstić information content (AvgIpc) is 2.50. The van der Waals surface area contributed by atoms with Crippen molar-refractivity contribution in [3.05, 3.63) is 23.0 Å². The molecular formula is C16H26N4O2. The molecule has 1 saturated heterocycles. The van der Waals surface area contributed by atoms with Crippen LogP contribution in [0.4, 0.5) is 4.79 Å². The van der Waals surface area contributed by atoms with Gasteiger partial charge in [0.1, 0.15) is 5.75 Å². The van der Waals surface area contributed by atoms with Crippen molar-refractivity contribution >= 4 is 6.03 Å². The third-order valence-corrected chi connectivity index (χ3v) is 4.15. The maximum atomic E-state index is 11.9. The van der Waals surface area contributed by atoms with Crippen LogP contribution in [0.25, 0.3) is 0 Å². The van der Waals surface area contributed by atoms with E-state index >= 15 is 0 Å². The van der Waals surface area contributed by atoms with Crippen molar-refractivity contribution in [2.24, 2.45) is 0 Å². The van der Waals surface area contributed by atoms with E-state index in [9.17, 15) is 4.79 Å².